The molecule has 0 bridgehead atoms. The van der Waals surface area contributed by atoms with Gasteiger partial charge in [0.1, 0.15) is 6.61 Å². The van der Waals surface area contributed by atoms with Crippen molar-refractivity contribution in [2.75, 3.05) is 40.5 Å². The summed E-state index contributed by atoms with van der Waals surface area (Å²) in [6.07, 6.45) is 5.08. The van der Waals surface area contributed by atoms with E-state index < -0.39 is 9.85 Å². The number of ether oxygens (including phenoxy) is 3. The second kappa shape index (κ2) is 13.1. The van der Waals surface area contributed by atoms with Crippen LogP contribution in [0.3, 0.4) is 0 Å². The average Bonchev–Trinajstić information content (AvgIpc) is 3.08. The molecule has 0 amide bonds. The normalized spacial score (nSPS) is 13.8. The number of nitrogens with zero attached hydrogens (tertiary/aromatic N) is 3. The van der Waals surface area contributed by atoms with Crippen LogP contribution >= 0.6 is 0 Å². The summed E-state index contributed by atoms with van der Waals surface area (Å²) in [5.74, 6) is 0.949. The molecule has 1 N–H and O–H groups in total. The van der Waals surface area contributed by atoms with Crippen molar-refractivity contribution in [3.8, 4) is 23.0 Å². The lowest BCUT2D eigenvalue weighted by Crippen LogP contribution is -2.29. The van der Waals surface area contributed by atoms with E-state index in [0.29, 0.717) is 18.1 Å². The van der Waals surface area contributed by atoms with E-state index in [9.17, 15) is 20.2 Å². The molecule has 180 valence electrons. The molecular weight excluding hydrogens is 434 g/mol. The molecule has 1 saturated heterocycles. The second-order valence-electron chi connectivity index (χ2n) is 7.31. The van der Waals surface area contributed by atoms with Gasteiger partial charge >= 0.3 is 0 Å². The number of nitro groups is 2. The first-order chi connectivity index (χ1) is 15.8. The predicted octanol–water partition coefficient (Wildman–Crippen LogP) is 4.17. The number of aromatic hydroxyl groups is 1. The molecule has 11 heteroatoms. The number of methoxy groups -OCH3 is 2. The first-order valence-electron chi connectivity index (χ1n) is 10.5. The van der Waals surface area contributed by atoms with Gasteiger partial charge in [0, 0.05) is 18.7 Å². The van der Waals surface area contributed by atoms with Gasteiger partial charge in [-0.3, -0.25) is 25.1 Å². The van der Waals surface area contributed by atoms with E-state index >= 15 is 0 Å². The number of rotatable bonds is 8. The highest BCUT2D eigenvalue weighted by molar-refractivity contribution is 5.48. The van der Waals surface area contributed by atoms with Gasteiger partial charge in [-0.25, -0.2) is 0 Å². The van der Waals surface area contributed by atoms with Crippen LogP contribution in [0.5, 0.6) is 23.0 Å². The monoisotopic (exact) mass is 463 g/mol. The Morgan fingerprint density at radius 2 is 1.39 bits per heavy atom. The first kappa shape index (κ1) is 25.7. The molecule has 11 nitrogen and oxygen atoms in total. The quantitative estimate of drug-likeness (QED) is 0.451. The Bertz CT molecular complexity index is 930. The summed E-state index contributed by atoms with van der Waals surface area (Å²) < 4.78 is 15.6. The van der Waals surface area contributed by atoms with Crippen LogP contribution in [0.15, 0.2) is 36.4 Å². The number of non-ortho nitro benzene ring substituents is 2. The number of benzene rings is 2. The molecule has 1 aliphatic heterocycles. The maximum Gasteiger partial charge on any atom is 0.273 e. The first-order valence-corrected chi connectivity index (χ1v) is 10.5. The molecule has 1 aliphatic rings. The summed E-state index contributed by atoms with van der Waals surface area (Å²) in [7, 11) is 2.91. The van der Waals surface area contributed by atoms with Crippen LogP contribution in [-0.4, -0.2) is 60.3 Å². The fourth-order valence-corrected chi connectivity index (χ4v) is 3.33. The largest absolute Gasteiger partial charge is 0.504 e. The molecule has 33 heavy (non-hydrogen) atoms. The molecule has 3 rings (SSSR count). The van der Waals surface area contributed by atoms with E-state index in [-0.39, 0.29) is 22.9 Å². The lowest BCUT2D eigenvalue weighted by molar-refractivity contribution is -0.385. The van der Waals surface area contributed by atoms with Crippen molar-refractivity contribution in [3.63, 3.8) is 0 Å². The zero-order valence-electron chi connectivity index (χ0n) is 18.8. The Balaban J connectivity index is 0.000000273. The van der Waals surface area contributed by atoms with E-state index in [1.165, 1.54) is 64.2 Å². The van der Waals surface area contributed by atoms with Crippen molar-refractivity contribution < 1.29 is 29.2 Å². The third kappa shape index (κ3) is 8.11. The molecule has 0 aromatic heterocycles. The zero-order chi connectivity index (χ0) is 24.2. The molecule has 0 spiro atoms. The average molecular weight is 463 g/mol. The van der Waals surface area contributed by atoms with Gasteiger partial charge in [0.2, 0.25) is 0 Å². The van der Waals surface area contributed by atoms with Gasteiger partial charge in [0.15, 0.2) is 23.0 Å². The Morgan fingerprint density at radius 1 is 0.848 bits per heavy atom. The van der Waals surface area contributed by atoms with Gasteiger partial charge < -0.3 is 19.3 Å². The minimum absolute atomic E-state index is 0.0144. The summed E-state index contributed by atoms with van der Waals surface area (Å²) in [6.45, 7) is 3.56. The number of likely N-dealkylation sites (tertiary alicyclic amines) is 1. The fraction of sp³-hybridized carbons (Fsp3) is 0.455. The minimum Gasteiger partial charge on any atom is -0.504 e. The molecule has 0 aliphatic carbocycles. The molecule has 1 heterocycles. The van der Waals surface area contributed by atoms with Gasteiger partial charge in [-0.2, -0.15) is 0 Å². The Labute approximate surface area is 191 Å². The highest BCUT2D eigenvalue weighted by atomic mass is 16.6. The Kier molecular flexibility index (Phi) is 10.2. The second-order valence-corrected chi connectivity index (χ2v) is 7.31. The Hall–Kier alpha value is -3.60. The van der Waals surface area contributed by atoms with Gasteiger partial charge in [0.05, 0.1) is 36.2 Å². The smallest absolute Gasteiger partial charge is 0.273 e. The number of hydrogen-bond donors (Lipinski definition) is 1. The van der Waals surface area contributed by atoms with Crippen molar-refractivity contribution in [1.29, 1.82) is 0 Å². The van der Waals surface area contributed by atoms with Crippen LogP contribution in [0.4, 0.5) is 11.4 Å². The fourth-order valence-electron chi connectivity index (χ4n) is 3.33. The van der Waals surface area contributed by atoms with Crippen molar-refractivity contribution >= 4 is 11.4 Å². The lowest BCUT2D eigenvalue weighted by atomic mass is 10.2. The number of nitro benzene ring substituents is 2. The maximum absolute atomic E-state index is 10.8. The topological polar surface area (TPSA) is 137 Å². The van der Waals surface area contributed by atoms with Crippen LogP contribution in [0, 0.1) is 20.2 Å². The molecule has 0 atom stereocenters. The molecular formula is C22H29N3O8. The molecule has 0 unspecified atom stereocenters. The zero-order valence-corrected chi connectivity index (χ0v) is 18.8. The van der Waals surface area contributed by atoms with E-state index in [1.54, 1.807) is 6.07 Å². The number of phenols is 1. The van der Waals surface area contributed by atoms with Gasteiger partial charge in [-0.05, 0) is 38.1 Å². The Morgan fingerprint density at radius 3 is 1.91 bits per heavy atom. The third-order valence-corrected chi connectivity index (χ3v) is 5.10. The van der Waals surface area contributed by atoms with Crippen LogP contribution in [0.1, 0.15) is 25.7 Å². The molecule has 2 aromatic carbocycles. The predicted molar refractivity (Wildman–Crippen MR) is 121 cm³/mol. The molecule has 0 saturated carbocycles. The van der Waals surface area contributed by atoms with Gasteiger partial charge in [-0.1, -0.05) is 12.8 Å². The van der Waals surface area contributed by atoms with Crippen molar-refractivity contribution in [2.45, 2.75) is 25.7 Å². The van der Waals surface area contributed by atoms with Gasteiger partial charge in [-0.15, -0.1) is 0 Å². The van der Waals surface area contributed by atoms with Gasteiger partial charge in [0.25, 0.3) is 11.4 Å². The van der Waals surface area contributed by atoms with E-state index in [4.69, 9.17) is 19.3 Å². The summed E-state index contributed by atoms with van der Waals surface area (Å²) in [5, 5.41) is 30.1. The van der Waals surface area contributed by atoms with Crippen molar-refractivity contribution in [1.82, 2.24) is 4.90 Å². The van der Waals surface area contributed by atoms with Crippen LogP contribution in [-0.2, 0) is 0 Å². The third-order valence-electron chi connectivity index (χ3n) is 5.10. The SMILES string of the molecule is COc1ccc([N+](=O)[O-])cc1O.COc1ccc([N+](=O)[O-])cc1OCCN1CCCCCC1. The minimum atomic E-state index is -0.584. The summed E-state index contributed by atoms with van der Waals surface area (Å²) in [6, 6.07) is 8.05. The lowest BCUT2D eigenvalue weighted by Gasteiger charge is -2.20. The summed E-state index contributed by atoms with van der Waals surface area (Å²) in [5.41, 5.74) is -0.145. The van der Waals surface area contributed by atoms with Crippen molar-refractivity contribution in [3.05, 3.63) is 56.6 Å². The van der Waals surface area contributed by atoms with E-state index in [1.807, 2.05) is 0 Å². The van der Waals surface area contributed by atoms with Crippen molar-refractivity contribution in [2.24, 2.45) is 0 Å². The molecule has 2 aromatic rings. The summed E-state index contributed by atoms with van der Waals surface area (Å²) >= 11 is 0. The van der Waals surface area contributed by atoms with Crippen LogP contribution in [0.25, 0.3) is 0 Å². The molecule has 0 radical (unpaired) electrons. The van der Waals surface area contributed by atoms with Crippen LogP contribution in [0.2, 0.25) is 0 Å². The van der Waals surface area contributed by atoms with Crippen LogP contribution < -0.4 is 14.2 Å². The standard InChI is InChI=1S/C15H22N2O4.C7H7NO4/c1-20-14-7-6-13(17(18)19)12-15(14)21-11-10-16-8-4-2-3-5-9-16;1-12-7-3-2-5(8(10)11)4-6(7)9/h6-7,12H,2-5,8-11H2,1H3;2-4,9H,1H3. The van der Waals surface area contributed by atoms with E-state index in [0.717, 1.165) is 25.7 Å². The maximum atomic E-state index is 10.8. The number of phenolic OH excluding ortho intramolecular Hbond substituents is 1. The highest BCUT2D eigenvalue weighted by Gasteiger charge is 2.14. The molecule has 1 fully saturated rings. The number of hydrogen-bond acceptors (Lipinski definition) is 9. The summed E-state index contributed by atoms with van der Waals surface area (Å²) in [4.78, 5) is 22.4. The highest BCUT2D eigenvalue weighted by Crippen LogP contribution is 2.31. The van der Waals surface area contributed by atoms with E-state index in [2.05, 4.69) is 4.90 Å².